The average molecular weight is 408 g/mol. The number of likely N-dealkylation sites (tertiary alicyclic amines) is 1. The minimum absolute atomic E-state index is 0.000789. The number of hydrogen-bond acceptors (Lipinski definition) is 3. The fraction of sp³-hybridized carbons (Fsp3) is 0.417. The number of aliphatic carboxylic acids is 1. The SMILES string of the molecule is CC(C)(C)c1cccc(N2CCN(c3ccc(CN4CC(C(=O)O)C4)cc3)C2=O)c1. The molecule has 2 fully saturated rings. The number of anilines is 2. The van der Waals surface area contributed by atoms with Crippen molar-refractivity contribution in [2.24, 2.45) is 5.92 Å². The summed E-state index contributed by atoms with van der Waals surface area (Å²) in [7, 11) is 0. The van der Waals surface area contributed by atoms with Gasteiger partial charge in [-0.05, 0) is 40.8 Å². The van der Waals surface area contributed by atoms with Crippen LogP contribution in [0, 0.1) is 5.92 Å². The second-order valence-corrected chi connectivity index (χ2v) is 9.28. The van der Waals surface area contributed by atoms with Crippen LogP contribution in [0.5, 0.6) is 0 Å². The number of nitrogens with zero attached hydrogens (tertiary/aromatic N) is 3. The lowest BCUT2D eigenvalue weighted by atomic mass is 9.87. The first-order valence-corrected chi connectivity index (χ1v) is 10.5. The van der Waals surface area contributed by atoms with Crippen molar-refractivity contribution in [1.29, 1.82) is 0 Å². The molecule has 0 bridgehead atoms. The molecule has 2 aliphatic heterocycles. The number of rotatable bonds is 5. The van der Waals surface area contributed by atoms with Gasteiger partial charge in [-0.1, -0.05) is 45.0 Å². The van der Waals surface area contributed by atoms with E-state index in [-0.39, 0.29) is 17.4 Å². The molecule has 2 saturated heterocycles. The Morgan fingerprint density at radius 3 is 2.23 bits per heavy atom. The minimum Gasteiger partial charge on any atom is -0.481 e. The molecule has 158 valence electrons. The van der Waals surface area contributed by atoms with Crippen LogP contribution in [0.3, 0.4) is 0 Å². The summed E-state index contributed by atoms with van der Waals surface area (Å²) in [6.07, 6.45) is 0. The lowest BCUT2D eigenvalue weighted by Gasteiger charge is -2.36. The number of amides is 2. The number of hydrogen-bond donors (Lipinski definition) is 1. The highest BCUT2D eigenvalue weighted by molar-refractivity contribution is 6.06. The van der Waals surface area contributed by atoms with Gasteiger partial charge in [0.2, 0.25) is 0 Å². The largest absolute Gasteiger partial charge is 0.481 e. The molecule has 0 radical (unpaired) electrons. The molecule has 1 N–H and O–H groups in total. The zero-order chi connectivity index (χ0) is 21.5. The van der Waals surface area contributed by atoms with Crippen molar-refractivity contribution in [2.45, 2.75) is 32.7 Å². The Morgan fingerprint density at radius 2 is 1.63 bits per heavy atom. The van der Waals surface area contributed by atoms with Crippen molar-refractivity contribution in [3.8, 4) is 0 Å². The molecule has 0 aliphatic carbocycles. The van der Waals surface area contributed by atoms with Crippen molar-refractivity contribution in [3.05, 3.63) is 59.7 Å². The highest BCUT2D eigenvalue weighted by atomic mass is 16.4. The molecule has 2 aromatic carbocycles. The molecule has 0 unspecified atom stereocenters. The summed E-state index contributed by atoms with van der Waals surface area (Å²) in [6.45, 7) is 9.79. The molecule has 2 aromatic rings. The molecular weight excluding hydrogens is 378 g/mol. The van der Waals surface area contributed by atoms with E-state index in [2.05, 4.69) is 37.8 Å². The van der Waals surface area contributed by atoms with Crippen molar-refractivity contribution in [3.63, 3.8) is 0 Å². The van der Waals surface area contributed by atoms with Crippen molar-refractivity contribution < 1.29 is 14.7 Å². The number of benzene rings is 2. The molecule has 30 heavy (non-hydrogen) atoms. The Hall–Kier alpha value is -2.86. The van der Waals surface area contributed by atoms with Gasteiger partial charge in [0.1, 0.15) is 0 Å². The minimum atomic E-state index is -0.716. The van der Waals surface area contributed by atoms with Gasteiger partial charge in [0.05, 0.1) is 5.92 Å². The molecule has 2 aliphatic rings. The van der Waals surface area contributed by atoms with E-state index in [1.165, 1.54) is 5.56 Å². The second kappa shape index (κ2) is 7.76. The molecule has 6 heteroatoms. The molecule has 0 aromatic heterocycles. The highest BCUT2D eigenvalue weighted by Crippen LogP contribution is 2.30. The van der Waals surface area contributed by atoms with Gasteiger partial charge in [0.15, 0.2) is 0 Å². The third kappa shape index (κ3) is 4.05. The van der Waals surface area contributed by atoms with Crippen LogP contribution in [0.2, 0.25) is 0 Å². The van der Waals surface area contributed by atoms with E-state index in [0.717, 1.165) is 23.5 Å². The molecule has 0 atom stereocenters. The maximum atomic E-state index is 13.1. The Bertz CT molecular complexity index is 943. The monoisotopic (exact) mass is 407 g/mol. The summed E-state index contributed by atoms with van der Waals surface area (Å²) in [5.74, 6) is -0.957. The summed E-state index contributed by atoms with van der Waals surface area (Å²) in [4.78, 5) is 29.8. The lowest BCUT2D eigenvalue weighted by Crippen LogP contribution is -2.49. The molecule has 0 saturated carbocycles. The number of urea groups is 1. The summed E-state index contributed by atoms with van der Waals surface area (Å²) < 4.78 is 0. The lowest BCUT2D eigenvalue weighted by molar-refractivity contribution is -0.147. The van der Waals surface area contributed by atoms with Crippen molar-refractivity contribution in [1.82, 2.24) is 4.90 Å². The highest BCUT2D eigenvalue weighted by Gasteiger charge is 2.33. The molecule has 2 amide bonds. The Labute approximate surface area is 177 Å². The zero-order valence-corrected chi connectivity index (χ0v) is 17.8. The van der Waals surface area contributed by atoms with E-state index in [4.69, 9.17) is 5.11 Å². The van der Waals surface area contributed by atoms with Gasteiger partial charge >= 0.3 is 12.0 Å². The van der Waals surface area contributed by atoms with Crippen LogP contribution in [-0.2, 0) is 16.8 Å². The molecule has 4 rings (SSSR count). The standard InChI is InChI=1S/C24H29N3O3/c1-24(2,3)19-5-4-6-21(13-19)27-12-11-26(23(27)30)20-9-7-17(8-10-20)14-25-15-18(16-25)22(28)29/h4-10,13,18H,11-12,14-16H2,1-3H3,(H,28,29). The number of carbonyl (C=O) groups is 2. The smallest absolute Gasteiger partial charge is 0.329 e. The van der Waals surface area contributed by atoms with Gasteiger partial charge in [-0.15, -0.1) is 0 Å². The second-order valence-electron chi connectivity index (χ2n) is 9.28. The third-order valence-corrected chi connectivity index (χ3v) is 5.99. The predicted octanol–water partition coefficient (Wildman–Crippen LogP) is 3.95. The number of carboxylic acid groups (broad SMARTS) is 1. The van der Waals surface area contributed by atoms with E-state index in [1.807, 2.05) is 46.2 Å². The van der Waals surface area contributed by atoms with Gasteiger partial charge in [-0.3, -0.25) is 19.5 Å². The Kier molecular flexibility index (Phi) is 5.28. The van der Waals surface area contributed by atoms with Gasteiger partial charge < -0.3 is 5.11 Å². The van der Waals surface area contributed by atoms with E-state index in [1.54, 1.807) is 0 Å². The Morgan fingerprint density at radius 1 is 1.00 bits per heavy atom. The summed E-state index contributed by atoms with van der Waals surface area (Å²) in [5, 5.41) is 8.99. The summed E-state index contributed by atoms with van der Waals surface area (Å²) in [6, 6.07) is 16.3. The van der Waals surface area contributed by atoms with E-state index in [9.17, 15) is 9.59 Å². The van der Waals surface area contributed by atoms with Gasteiger partial charge in [0.25, 0.3) is 0 Å². The Balaban J connectivity index is 1.41. The van der Waals surface area contributed by atoms with Gasteiger partial charge in [-0.25, -0.2) is 4.79 Å². The topological polar surface area (TPSA) is 64.1 Å². The van der Waals surface area contributed by atoms with Crippen LogP contribution >= 0.6 is 0 Å². The van der Waals surface area contributed by atoms with Crippen LogP contribution in [-0.4, -0.2) is 48.2 Å². The van der Waals surface area contributed by atoms with Crippen LogP contribution < -0.4 is 9.80 Å². The van der Waals surface area contributed by atoms with Crippen LogP contribution in [0.15, 0.2) is 48.5 Å². The van der Waals surface area contributed by atoms with Gasteiger partial charge in [0, 0.05) is 44.1 Å². The van der Waals surface area contributed by atoms with Crippen LogP contribution in [0.4, 0.5) is 16.2 Å². The summed E-state index contributed by atoms with van der Waals surface area (Å²) >= 11 is 0. The van der Waals surface area contributed by atoms with E-state index < -0.39 is 5.97 Å². The maximum Gasteiger partial charge on any atom is 0.329 e. The quantitative estimate of drug-likeness (QED) is 0.815. The average Bonchev–Trinajstić information content (AvgIpc) is 3.05. The molecule has 0 spiro atoms. The third-order valence-electron chi connectivity index (χ3n) is 5.99. The first-order chi connectivity index (χ1) is 14.2. The molecule has 6 nitrogen and oxygen atoms in total. The van der Waals surface area contributed by atoms with E-state index >= 15 is 0 Å². The van der Waals surface area contributed by atoms with Crippen LogP contribution in [0.25, 0.3) is 0 Å². The predicted molar refractivity (Wildman–Crippen MR) is 118 cm³/mol. The fourth-order valence-corrected chi connectivity index (χ4v) is 4.05. The normalized spacial score (nSPS) is 18.0. The number of carboxylic acids is 1. The van der Waals surface area contributed by atoms with Gasteiger partial charge in [-0.2, -0.15) is 0 Å². The maximum absolute atomic E-state index is 13.1. The first-order valence-electron chi connectivity index (χ1n) is 10.5. The first kappa shape index (κ1) is 20.4. The van der Waals surface area contributed by atoms with Crippen LogP contribution in [0.1, 0.15) is 31.9 Å². The van der Waals surface area contributed by atoms with Crippen molar-refractivity contribution in [2.75, 3.05) is 36.0 Å². The summed E-state index contributed by atoms with van der Waals surface area (Å²) in [5.41, 5.74) is 4.22. The molecular formula is C24H29N3O3. The van der Waals surface area contributed by atoms with E-state index in [0.29, 0.717) is 26.2 Å². The fourth-order valence-electron chi connectivity index (χ4n) is 4.05. The zero-order valence-electron chi connectivity index (χ0n) is 17.8. The van der Waals surface area contributed by atoms with Crippen molar-refractivity contribution >= 4 is 23.4 Å². The molecule has 2 heterocycles. The number of carbonyl (C=O) groups excluding carboxylic acids is 1.